The second-order valence-electron chi connectivity index (χ2n) is 7.54. The number of carbonyl (C=O) groups is 2. The second-order valence-corrected chi connectivity index (χ2v) is 9.41. The Morgan fingerprint density at radius 2 is 1.64 bits per heavy atom. The first kappa shape index (κ1) is 24.6. The van der Waals surface area contributed by atoms with Crippen LogP contribution in [0.5, 0.6) is 11.5 Å². The number of ether oxygens (including phenoxy) is 3. The van der Waals surface area contributed by atoms with Crippen molar-refractivity contribution in [2.75, 3.05) is 41.0 Å². The van der Waals surface area contributed by atoms with Crippen molar-refractivity contribution < 1.29 is 36.6 Å². The van der Waals surface area contributed by atoms with Crippen molar-refractivity contribution in [1.82, 2.24) is 9.21 Å². The van der Waals surface area contributed by atoms with Crippen molar-refractivity contribution in [3.63, 3.8) is 0 Å². The van der Waals surface area contributed by atoms with Crippen LogP contribution < -0.4 is 9.47 Å². The Labute approximate surface area is 193 Å². The van der Waals surface area contributed by atoms with Gasteiger partial charge in [-0.1, -0.05) is 6.42 Å². The van der Waals surface area contributed by atoms with Crippen LogP contribution in [-0.2, 0) is 26.1 Å². The van der Waals surface area contributed by atoms with Gasteiger partial charge in [0.15, 0.2) is 5.76 Å². The highest BCUT2D eigenvalue weighted by Crippen LogP contribution is 2.26. The summed E-state index contributed by atoms with van der Waals surface area (Å²) in [4.78, 5) is 26.4. The smallest absolute Gasteiger partial charge is 0.325 e. The maximum atomic E-state index is 13.2. The van der Waals surface area contributed by atoms with Crippen LogP contribution in [0, 0.1) is 0 Å². The molecule has 1 fully saturated rings. The summed E-state index contributed by atoms with van der Waals surface area (Å²) in [6.45, 7) is 0.483. The minimum Gasteiger partial charge on any atom is -0.497 e. The molecule has 1 saturated heterocycles. The van der Waals surface area contributed by atoms with E-state index >= 15 is 0 Å². The molecule has 180 valence electrons. The minimum absolute atomic E-state index is 0.0103. The topological polar surface area (TPSA) is 116 Å². The van der Waals surface area contributed by atoms with Gasteiger partial charge < -0.3 is 23.5 Å². The quantitative estimate of drug-likeness (QED) is 0.502. The number of nitrogens with zero attached hydrogens (tertiary/aromatic N) is 2. The van der Waals surface area contributed by atoms with E-state index in [0.29, 0.717) is 30.2 Å². The number of piperidine rings is 1. The Hall–Kier alpha value is -3.05. The van der Waals surface area contributed by atoms with Crippen LogP contribution in [0.15, 0.2) is 39.8 Å². The molecule has 1 aliphatic heterocycles. The molecule has 0 bridgehead atoms. The molecular formula is C22H28N2O8S. The third-order valence-electron chi connectivity index (χ3n) is 5.32. The van der Waals surface area contributed by atoms with Crippen LogP contribution in [-0.4, -0.2) is 70.5 Å². The summed E-state index contributed by atoms with van der Waals surface area (Å²) in [6.07, 6.45) is 2.54. The molecule has 0 atom stereocenters. The number of amides is 1. The van der Waals surface area contributed by atoms with Gasteiger partial charge in [-0.25, -0.2) is 8.42 Å². The Kier molecular flexibility index (Phi) is 7.98. The number of sulfonamides is 1. The Bertz CT molecular complexity index is 1070. The molecule has 1 aromatic heterocycles. The van der Waals surface area contributed by atoms with E-state index in [9.17, 15) is 18.0 Å². The van der Waals surface area contributed by atoms with Gasteiger partial charge in [0, 0.05) is 25.7 Å². The van der Waals surface area contributed by atoms with Crippen molar-refractivity contribution >= 4 is 21.9 Å². The van der Waals surface area contributed by atoms with Gasteiger partial charge in [0.1, 0.15) is 18.0 Å². The van der Waals surface area contributed by atoms with E-state index in [-0.39, 0.29) is 23.9 Å². The summed E-state index contributed by atoms with van der Waals surface area (Å²) in [7, 11) is 0.390. The number of esters is 1. The van der Waals surface area contributed by atoms with Gasteiger partial charge in [-0.05, 0) is 42.7 Å². The molecule has 0 aliphatic carbocycles. The third-order valence-corrected chi connectivity index (χ3v) is 7.09. The lowest BCUT2D eigenvalue weighted by Gasteiger charge is -2.24. The summed E-state index contributed by atoms with van der Waals surface area (Å²) in [5, 5.41) is -0.297. The van der Waals surface area contributed by atoms with Crippen molar-refractivity contribution in [3.8, 4) is 11.5 Å². The first-order valence-electron chi connectivity index (χ1n) is 10.5. The molecule has 0 spiro atoms. The van der Waals surface area contributed by atoms with Crippen LogP contribution >= 0.6 is 0 Å². The summed E-state index contributed by atoms with van der Waals surface area (Å²) in [6, 6.07) is 7.65. The number of carbonyl (C=O) groups excluding carboxylic acids is 2. The zero-order chi connectivity index (χ0) is 24.0. The summed E-state index contributed by atoms with van der Waals surface area (Å²) >= 11 is 0. The normalized spacial score (nSPS) is 14.5. The number of furan rings is 1. The lowest BCUT2D eigenvalue weighted by Crippen LogP contribution is -2.36. The van der Waals surface area contributed by atoms with Gasteiger partial charge in [-0.2, -0.15) is 4.31 Å². The van der Waals surface area contributed by atoms with E-state index in [4.69, 9.17) is 18.6 Å². The van der Waals surface area contributed by atoms with Crippen molar-refractivity contribution in [1.29, 1.82) is 0 Å². The fraction of sp³-hybridized carbons (Fsp3) is 0.455. The Morgan fingerprint density at radius 3 is 2.21 bits per heavy atom. The highest BCUT2D eigenvalue weighted by molar-refractivity contribution is 7.89. The zero-order valence-electron chi connectivity index (χ0n) is 18.9. The lowest BCUT2D eigenvalue weighted by atomic mass is 10.1. The molecule has 2 aromatic rings. The average molecular weight is 481 g/mol. The van der Waals surface area contributed by atoms with Crippen LogP contribution in [0.1, 0.15) is 35.4 Å². The van der Waals surface area contributed by atoms with Gasteiger partial charge in [-0.3, -0.25) is 9.59 Å². The molecule has 0 N–H and O–H groups in total. The van der Waals surface area contributed by atoms with Crippen molar-refractivity contribution in [3.05, 3.63) is 41.7 Å². The molecule has 0 radical (unpaired) electrons. The fourth-order valence-corrected chi connectivity index (χ4v) is 4.99. The molecule has 1 aliphatic rings. The van der Waals surface area contributed by atoms with Gasteiger partial charge in [-0.15, -0.1) is 0 Å². The molecule has 1 amide bonds. The highest BCUT2D eigenvalue weighted by Gasteiger charge is 2.31. The first-order valence-corrected chi connectivity index (χ1v) is 11.9. The largest absolute Gasteiger partial charge is 0.497 e. The van der Waals surface area contributed by atoms with Gasteiger partial charge >= 0.3 is 5.97 Å². The fourth-order valence-electron chi connectivity index (χ4n) is 3.56. The van der Waals surface area contributed by atoms with Crippen molar-refractivity contribution in [2.24, 2.45) is 0 Å². The van der Waals surface area contributed by atoms with Gasteiger partial charge in [0.25, 0.3) is 15.9 Å². The average Bonchev–Trinajstić information content (AvgIpc) is 3.34. The van der Waals surface area contributed by atoms with E-state index in [1.807, 2.05) is 0 Å². The Morgan fingerprint density at radius 1 is 1.00 bits per heavy atom. The van der Waals surface area contributed by atoms with E-state index in [0.717, 1.165) is 19.3 Å². The summed E-state index contributed by atoms with van der Waals surface area (Å²) in [5.41, 5.74) is 0.635. The zero-order valence-corrected chi connectivity index (χ0v) is 19.7. The summed E-state index contributed by atoms with van der Waals surface area (Å²) in [5.74, 6) is -0.442. The molecule has 0 unspecified atom stereocenters. The Balaban J connectivity index is 1.86. The molecule has 1 aromatic carbocycles. The lowest BCUT2D eigenvalue weighted by molar-refractivity contribution is -0.141. The van der Waals surface area contributed by atoms with E-state index < -0.39 is 21.9 Å². The molecule has 3 rings (SSSR count). The van der Waals surface area contributed by atoms with Crippen LogP contribution in [0.2, 0.25) is 0 Å². The predicted molar refractivity (Wildman–Crippen MR) is 118 cm³/mol. The summed E-state index contributed by atoms with van der Waals surface area (Å²) < 4.78 is 47.8. The molecular weight excluding hydrogens is 452 g/mol. The minimum atomic E-state index is -3.83. The maximum absolute atomic E-state index is 13.2. The van der Waals surface area contributed by atoms with E-state index in [1.165, 1.54) is 42.7 Å². The standard InChI is InChI=1S/C22H28N2O8S/c1-29-17-11-16(12-18(13-17)30-2)14-23(15-20(25)31-3)22(26)19-7-8-21(32-19)33(27,28)24-9-5-4-6-10-24/h7-8,11-13H,4-6,9-10,14-15H2,1-3H3. The molecule has 0 saturated carbocycles. The number of methoxy groups -OCH3 is 3. The second kappa shape index (κ2) is 10.7. The van der Waals surface area contributed by atoms with E-state index in [1.54, 1.807) is 18.2 Å². The molecule has 2 heterocycles. The molecule has 33 heavy (non-hydrogen) atoms. The van der Waals surface area contributed by atoms with Gasteiger partial charge in [0.05, 0.1) is 21.3 Å². The van der Waals surface area contributed by atoms with Crippen LogP contribution in [0.4, 0.5) is 0 Å². The number of rotatable bonds is 9. The van der Waals surface area contributed by atoms with Crippen molar-refractivity contribution in [2.45, 2.75) is 30.9 Å². The first-order chi connectivity index (χ1) is 15.8. The number of benzene rings is 1. The van der Waals surface area contributed by atoms with E-state index in [2.05, 4.69) is 0 Å². The van der Waals surface area contributed by atoms with Gasteiger partial charge in [0.2, 0.25) is 5.09 Å². The van der Waals surface area contributed by atoms with Crippen LogP contribution in [0.3, 0.4) is 0 Å². The SMILES string of the molecule is COC(=O)CN(Cc1cc(OC)cc(OC)c1)C(=O)c1ccc(S(=O)(=O)N2CCCCC2)o1. The number of hydrogen-bond donors (Lipinski definition) is 0. The predicted octanol–water partition coefficient (Wildman–Crippen LogP) is 2.29. The molecule has 11 heteroatoms. The number of hydrogen-bond acceptors (Lipinski definition) is 8. The monoisotopic (exact) mass is 480 g/mol. The molecule has 10 nitrogen and oxygen atoms in total. The van der Waals surface area contributed by atoms with Crippen LogP contribution in [0.25, 0.3) is 0 Å². The highest BCUT2D eigenvalue weighted by atomic mass is 32.2. The third kappa shape index (κ3) is 5.85. The maximum Gasteiger partial charge on any atom is 0.325 e.